The van der Waals surface area contributed by atoms with Gasteiger partial charge in [0.15, 0.2) is 0 Å². The first-order valence-corrected chi connectivity index (χ1v) is 9.64. The van der Waals surface area contributed by atoms with E-state index in [0.29, 0.717) is 5.56 Å². The van der Waals surface area contributed by atoms with Crippen LogP contribution in [0.4, 0.5) is 0 Å². The SMILES string of the molecule is CN1CCN(C(=O)c2ccc(-c3cnn(-c4ccc(Br)cc4)c3)nc2)CC1. The van der Waals surface area contributed by atoms with Gasteiger partial charge in [0.05, 0.1) is 23.1 Å². The average molecular weight is 426 g/mol. The van der Waals surface area contributed by atoms with Crippen LogP contribution in [-0.4, -0.2) is 63.7 Å². The molecule has 0 radical (unpaired) electrons. The molecule has 1 saturated heterocycles. The molecule has 0 atom stereocenters. The Morgan fingerprint density at radius 1 is 1.00 bits per heavy atom. The van der Waals surface area contributed by atoms with Crippen molar-refractivity contribution in [3.8, 4) is 16.9 Å². The maximum atomic E-state index is 12.6. The zero-order valence-corrected chi connectivity index (χ0v) is 16.6. The highest BCUT2D eigenvalue weighted by Gasteiger charge is 2.20. The van der Waals surface area contributed by atoms with Gasteiger partial charge < -0.3 is 9.80 Å². The number of amides is 1. The van der Waals surface area contributed by atoms with E-state index in [1.165, 1.54) is 0 Å². The molecular formula is C20H20BrN5O. The fraction of sp³-hybridized carbons (Fsp3) is 0.250. The summed E-state index contributed by atoms with van der Waals surface area (Å²) in [7, 11) is 2.08. The smallest absolute Gasteiger partial charge is 0.255 e. The third-order valence-electron chi connectivity index (χ3n) is 4.77. The number of carbonyl (C=O) groups excluding carboxylic acids is 1. The lowest BCUT2D eigenvalue weighted by molar-refractivity contribution is 0.0663. The molecule has 1 aliphatic rings. The molecule has 0 spiro atoms. The molecule has 1 aliphatic heterocycles. The summed E-state index contributed by atoms with van der Waals surface area (Å²) in [5.74, 6) is 0.0488. The van der Waals surface area contributed by atoms with E-state index in [2.05, 4.69) is 38.0 Å². The Morgan fingerprint density at radius 3 is 2.41 bits per heavy atom. The van der Waals surface area contributed by atoms with Gasteiger partial charge in [-0.1, -0.05) is 15.9 Å². The Morgan fingerprint density at radius 2 is 1.74 bits per heavy atom. The number of rotatable bonds is 3. The molecule has 3 heterocycles. The summed E-state index contributed by atoms with van der Waals surface area (Å²) in [6, 6.07) is 11.7. The van der Waals surface area contributed by atoms with Crippen molar-refractivity contribution in [3.05, 3.63) is 65.0 Å². The van der Waals surface area contributed by atoms with Gasteiger partial charge >= 0.3 is 0 Å². The quantitative estimate of drug-likeness (QED) is 0.646. The van der Waals surface area contributed by atoms with Crippen molar-refractivity contribution < 1.29 is 4.79 Å². The molecule has 27 heavy (non-hydrogen) atoms. The minimum Gasteiger partial charge on any atom is -0.336 e. The fourth-order valence-electron chi connectivity index (χ4n) is 3.07. The van der Waals surface area contributed by atoms with Crippen molar-refractivity contribution in [2.45, 2.75) is 0 Å². The van der Waals surface area contributed by atoms with Gasteiger partial charge in [0.1, 0.15) is 0 Å². The second-order valence-corrected chi connectivity index (χ2v) is 7.59. The number of hydrogen-bond acceptors (Lipinski definition) is 4. The number of carbonyl (C=O) groups is 1. The second-order valence-electron chi connectivity index (χ2n) is 6.68. The molecule has 2 aromatic heterocycles. The molecule has 0 saturated carbocycles. The van der Waals surface area contributed by atoms with Gasteiger partial charge in [-0.05, 0) is 43.4 Å². The number of nitrogens with zero attached hydrogens (tertiary/aromatic N) is 5. The van der Waals surface area contributed by atoms with Crippen LogP contribution in [0.1, 0.15) is 10.4 Å². The first-order valence-electron chi connectivity index (χ1n) is 8.85. The summed E-state index contributed by atoms with van der Waals surface area (Å²) in [4.78, 5) is 21.2. The van der Waals surface area contributed by atoms with Gasteiger partial charge in [-0.2, -0.15) is 5.10 Å². The summed E-state index contributed by atoms with van der Waals surface area (Å²) in [6.45, 7) is 3.34. The van der Waals surface area contributed by atoms with Crippen molar-refractivity contribution in [3.63, 3.8) is 0 Å². The van der Waals surface area contributed by atoms with E-state index in [0.717, 1.165) is 47.6 Å². The van der Waals surface area contributed by atoms with Crippen molar-refractivity contribution in [2.75, 3.05) is 33.2 Å². The molecule has 4 rings (SSSR count). The minimum atomic E-state index is 0.0488. The highest BCUT2D eigenvalue weighted by atomic mass is 79.9. The van der Waals surface area contributed by atoms with E-state index in [1.54, 1.807) is 12.4 Å². The van der Waals surface area contributed by atoms with Crippen LogP contribution in [0.3, 0.4) is 0 Å². The predicted molar refractivity (Wildman–Crippen MR) is 108 cm³/mol. The zero-order valence-electron chi connectivity index (χ0n) is 15.0. The molecule has 1 amide bonds. The monoisotopic (exact) mass is 425 g/mol. The standard InChI is InChI=1S/C20H20BrN5O/c1-24-8-10-25(11-9-24)20(27)15-2-7-19(22-12-15)16-13-23-26(14-16)18-5-3-17(21)4-6-18/h2-7,12-14H,8-11H2,1H3. The number of benzene rings is 1. The van der Waals surface area contributed by atoms with E-state index >= 15 is 0 Å². The van der Waals surface area contributed by atoms with Crippen LogP contribution in [0, 0.1) is 0 Å². The molecule has 3 aromatic rings. The molecule has 0 N–H and O–H groups in total. The van der Waals surface area contributed by atoms with E-state index in [-0.39, 0.29) is 5.91 Å². The molecule has 0 bridgehead atoms. The summed E-state index contributed by atoms with van der Waals surface area (Å²) < 4.78 is 2.84. The van der Waals surface area contributed by atoms with Gasteiger partial charge in [-0.3, -0.25) is 9.78 Å². The van der Waals surface area contributed by atoms with Crippen molar-refractivity contribution in [2.24, 2.45) is 0 Å². The topological polar surface area (TPSA) is 54.3 Å². The number of halogens is 1. The normalized spacial score (nSPS) is 15.1. The number of hydrogen-bond donors (Lipinski definition) is 0. The van der Waals surface area contributed by atoms with Gasteiger partial charge in [0.2, 0.25) is 0 Å². The lowest BCUT2D eigenvalue weighted by Crippen LogP contribution is -2.47. The Labute approximate surface area is 166 Å². The largest absolute Gasteiger partial charge is 0.336 e. The van der Waals surface area contributed by atoms with Gasteiger partial charge in [-0.15, -0.1) is 0 Å². The second kappa shape index (κ2) is 7.62. The number of pyridine rings is 1. The van der Waals surface area contributed by atoms with Gasteiger partial charge in [-0.25, -0.2) is 4.68 Å². The van der Waals surface area contributed by atoms with E-state index in [4.69, 9.17) is 0 Å². The molecule has 138 valence electrons. The lowest BCUT2D eigenvalue weighted by atomic mass is 10.1. The van der Waals surface area contributed by atoms with E-state index < -0.39 is 0 Å². The van der Waals surface area contributed by atoms with Crippen LogP contribution in [0.25, 0.3) is 16.9 Å². The first-order chi connectivity index (χ1) is 13.1. The maximum Gasteiger partial charge on any atom is 0.255 e. The van der Waals surface area contributed by atoms with Gasteiger partial charge in [0.25, 0.3) is 5.91 Å². The molecular weight excluding hydrogens is 406 g/mol. The van der Waals surface area contributed by atoms with Crippen LogP contribution in [0.2, 0.25) is 0 Å². The number of likely N-dealkylation sites (N-methyl/N-ethyl adjacent to an activating group) is 1. The summed E-state index contributed by atoms with van der Waals surface area (Å²) in [6.07, 6.45) is 5.38. The molecule has 6 nitrogen and oxygen atoms in total. The first kappa shape index (κ1) is 17.9. The van der Waals surface area contributed by atoms with E-state index in [1.807, 2.05) is 52.2 Å². The van der Waals surface area contributed by atoms with Crippen LogP contribution in [0.15, 0.2) is 59.5 Å². The number of aromatic nitrogens is 3. The fourth-order valence-corrected chi connectivity index (χ4v) is 3.34. The minimum absolute atomic E-state index is 0.0488. The Hall–Kier alpha value is -2.51. The lowest BCUT2D eigenvalue weighted by Gasteiger charge is -2.32. The van der Waals surface area contributed by atoms with E-state index in [9.17, 15) is 4.79 Å². The van der Waals surface area contributed by atoms with Crippen LogP contribution < -0.4 is 0 Å². The van der Waals surface area contributed by atoms with Crippen molar-refractivity contribution >= 4 is 21.8 Å². The average Bonchev–Trinajstić information content (AvgIpc) is 3.19. The third-order valence-corrected chi connectivity index (χ3v) is 5.30. The van der Waals surface area contributed by atoms with Crippen LogP contribution >= 0.6 is 15.9 Å². The molecule has 0 unspecified atom stereocenters. The highest BCUT2D eigenvalue weighted by Crippen LogP contribution is 2.20. The maximum absolute atomic E-state index is 12.6. The molecule has 1 aromatic carbocycles. The highest BCUT2D eigenvalue weighted by molar-refractivity contribution is 9.10. The van der Waals surface area contributed by atoms with Crippen molar-refractivity contribution in [1.82, 2.24) is 24.6 Å². The Kier molecular flexibility index (Phi) is 5.05. The molecule has 7 heteroatoms. The van der Waals surface area contributed by atoms with Crippen LogP contribution in [-0.2, 0) is 0 Å². The molecule has 0 aliphatic carbocycles. The van der Waals surface area contributed by atoms with Crippen molar-refractivity contribution in [1.29, 1.82) is 0 Å². The van der Waals surface area contributed by atoms with Gasteiger partial charge in [0, 0.05) is 48.6 Å². The Balaban J connectivity index is 1.49. The summed E-state index contributed by atoms with van der Waals surface area (Å²) in [5, 5.41) is 4.41. The number of piperazine rings is 1. The molecule has 1 fully saturated rings. The predicted octanol–water partition coefficient (Wildman–Crippen LogP) is 3.08. The summed E-state index contributed by atoms with van der Waals surface area (Å²) >= 11 is 3.44. The van der Waals surface area contributed by atoms with Crippen LogP contribution in [0.5, 0.6) is 0 Å². The summed E-state index contributed by atoms with van der Waals surface area (Å²) in [5.41, 5.74) is 3.32. The third kappa shape index (κ3) is 3.94. The Bertz CT molecular complexity index is 928. The zero-order chi connectivity index (χ0) is 18.8.